The Morgan fingerprint density at radius 1 is 1.19 bits per heavy atom. The van der Waals surface area contributed by atoms with Gasteiger partial charge in [-0.05, 0) is 63.6 Å². The molecule has 1 unspecified atom stereocenters. The second kappa shape index (κ2) is 10.2. The Morgan fingerprint density at radius 2 is 1.94 bits per heavy atom. The lowest BCUT2D eigenvalue weighted by atomic mass is 9.91. The molecule has 1 aromatic carbocycles. The van der Waals surface area contributed by atoms with Crippen LogP contribution in [0, 0.1) is 11.8 Å². The van der Waals surface area contributed by atoms with E-state index in [4.69, 9.17) is 10.5 Å². The summed E-state index contributed by atoms with van der Waals surface area (Å²) in [4.78, 5) is 53.6. The molecule has 0 spiro atoms. The molecule has 3 atom stereocenters. The van der Waals surface area contributed by atoms with E-state index in [0.717, 1.165) is 23.7 Å². The monoisotopic (exact) mass is 497 g/mol. The molecule has 2 fully saturated rings. The first kappa shape index (κ1) is 25.5. The average Bonchev–Trinajstić information content (AvgIpc) is 3.45. The summed E-state index contributed by atoms with van der Waals surface area (Å²) in [7, 11) is 1.56. The molecule has 2 heterocycles. The number of nitrogens with one attached hydrogen (secondary N) is 4. The standard InChI is InChI=1S/C26H35N5O5/c1-26(2)13-15(23(33)31-26)9-10-18(22(27)32)29-24(34)19(11-14-7-8-14)30-25(35)20-12-16-17(28-20)5-4-6-21(16)36-3/h4-6,12,14-15,18-19,28H,7-11,13H2,1-3H3,(H2,27,32)(H,29,34)(H,30,35)(H,31,33)/t15?,18-,19-/m0/s1. The molecule has 1 aliphatic carbocycles. The second-order valence-electron chi connectivity index (χ2n) is 10.6. The summed E-state index contributed by atoms with van der Waals surface area (Å²) in [5.41, 5.74) is 6.34. The molecule has 10 nitrogen and oxygen atoms in total. The quantitative estimate of drug-likeness (QED) is 0.320. The molecule has 2 aliphatic rings. The summed E-state index contributed by atoms with van der Waals surface area (Å²) in [6.07, 6.45) is 3.80. The lowest BCUT2D eigenvalue weighted by Gasteiger charge is -2.22. The van der Waals surface area contributed by atoms with E-state index in [1.165, 1.54) is 0 Å². The number of H-pyrrole nitrogens is 1. The Kier molecular flexibility index (Phi) is 7.23. The minimum absolute atomic E-state index is 0.0524. The van der Waals surface area contributed by atoms with E-state index in [1.54, 1.807) is 19.2 Å². The summed E-state index contributed by atoms with van der Waals surface area (Å²) in [5.74, 6) is -0.846. The number of carbonyl (C=O) groups excluding carboxylic acids is 4. The zero-order chi connectivity index (χ0) is 26.0. The number of aromatic nitrogens is 1. The first-order chi connectivity index (χ1) is 17.1. The lowest BCUT2D eigenvalue weighted by molar-refractivity contribution is -0.129. The van der Waals surface area contributed by atoms with Crippen LogP contribution >= 0.6 is 0 Å². The fraction of sp³-hybridized carbons (Fsp3) is 0.538. The van der Waals surface area contributed by atoms with Crippen LogP contribution in [0.3, 0.4) is 0 Å². The van der Waals surface area contributed by atoms with Crippen LogP contribution in [0.2, 0.25) is 0 Å². The van der Waals surface area contributed by atoms with Crippen LogP contribution in [-0.4, -0.2) is 53.3 Å². The number of fused-ring (bicyclic) bond motifs is 1. The number of primary amides is 1. The first-order valence-electron chi connectivity index (χ1n) is 12.4. The van der Waals surface area contributed by atoms with Crippen molar-refractivity contribution < 1.29 is 23.9 Å². The molecule has 0 radical (unpaired) electrons. The van der Waals surface area contributed by atoms with Gasteiger partial charge in [0, 0.05) is 22.4 Å². The molecule has 1 aliphatic heterocycles. The van der Waals surface area contributed by atoms with E-state index in [9.17, 15) is 19.2 Å². The lowest BCUT2D eigenvalue weighted by Crippen LogP contribution is -2.53. The zero-order valence-corrected chi connectivity index (χ0v) is 21.0. The third-order valence-corrected chi connectivity index (χ3v) is 7.03. The maximum atomic E-state index is 13.2. The fourth-order valence-corrected chi connectivity index (χ4v) is 4.94. The molecular weight excluding hydrogens is 462 g/mol. The van der Waals surface area contributed by atoms with Crippen molar-refractivity contribution in [2.45, 2.75) is 70.0 Å². The Bertz CT molecular complexity index is 1170. The minimum Gasteiger partial charge on any atom is -0.496 e. The maximum Gasteiger partial charge on any atom is 0.268 e. The highest BCUT2D eigenvalue weighted by Crippen LogP contribution is 2.34. The SMILES string of the molecule is COc1cccc2[nH]c(C(=O)N[C@@H](CC3CC3)C(=O)N[C@@H](CCC3CC(C)(C)NC3=O)C(N)=O)cc12. The summed E-state index contributed by atoms with van der Waals surface area (Å²) in [6, 6.07) is 5.42. The van der Waals surface area contributed by atoms with Crippen molar-refractivity contribution in [1.29, 1.82) is 0 Å². The molecule has 36 heavy (non-hydrogen) atoms. The number of methoxy groups -OCH3 is 1. The number of aromatic amines is 1. The summed E-state index contributed by atoms with van der Waals surface area (Å²) in [6.45, 7) is 3.90. The van der Waals surface area contributed by atoms with Gasteiger partial charge < -0.3 is 31.4 Å². The van der Waals surface area contributed by atoms with Gasteiger partial charge in [0.1, 0.15) is 23.5 Å². The van der Waals surface area contributed by atoms with Gasteiger partial charge in [-0.2, -0.15) is 0 Å². The molecule has 1 saturated heterocycles. The predicted octanol–water partition coefficient (Wildman–Crippen LogP) is 1.74. The number of amides is 4. The highest BCUT2D eigenvalue weighted by Gasteiger charge is 2.38. The molecule has 2 aromatic rings. The van der Waals surface area contributed by atoms with Gasteiger partial charge in [0.15, 0.2) is 0 Å². The van der Waals surface area contributed by atoms with Crippen LogP contribution in [-0.2, 0) is 14.4 Å². The van der Waals surface area contributed by atoms with E-state index in [-0.39, 0.29) is 23.8 Å². The topological polar surface area (TPSA) is 155 Å². The van der Waals surface area contributed by atoms with Crippen molar-refractivity contribution in [1.82, 2.24) is 20.9 Å². The second-order valence-corrected chi connectivity index (χ2v) is 10.6. The van der Waals surface area contributed by atoms with Gasteiger partial charge in [0.2, 0.25) is 17.7 Å². The highest BCUT2D eigenvalue weighted by molar-refractivity contribution is 6.01. The van der Waals surface area contributed by atoms with E-state index in [1.807, 2.05) is 26.0 Å². The van der Waals surface area contributed by atoms with Crippen LogP contribution < -0.4 is 26.4 Å². The summed E-state index contributed by atoms with van der Waals surface area (Å²) in [5, 5.41) is 9.25. The minimum atomic E-state index is -0.926. The van der Waals surface area contributed by atoms with Crippen molar-refractivity contribution in [3.63, 3.8) is 0 Å². The molecule has 0 bridgehead atoms. The van der Waals surface area contributed by atoms with Gasteiger partial charge in [-0.15, -0.1) is 0 Å². The van der Waals surface area contributed by atoms with E-state index in [0.29, 0.717) is 36.6 Å². The Labute approximate surface area is 210 Å². The molecule has 1 saturated carbocycles. The summed E-state index contributed by atoms with van der Waals surface area (Å²) < 4.78 is 5.36. The Morgan fingerprint density at radius 3 is 2.56 bits per heavy atom. The Hall–Kier alpha value is -3.56. The number of rotatable bonds is 11. The van der Waals surface area contributed by atoms with Crippen molar-refractivity contribution in [3.05, 3.63) is 30.0 Å². The Balaban J connectivity index is 1.42. The molecule has 1 aromatic heterocycles. The van der Waals surface area contributed by atoms with Crippen LogP contribution in [0.5, 0.6) is 5.75 Å². The largest absolute Gasteiger partial charge is 0.496 e. The van der Waals surface area contributed by atoms with Crippen LogP contribution in [0.15, 0.2) is 24.3 Å². The highest BCUT2D eigenvalue weighted by atomic mass is 16.5. The van der Waals surface area contributed by atoms with E-state index < -0.39 is 29.8 Å². The van der Waals surface area contributed by atoms with Crippen molar-refractivity contribution in [3.8, 4) is 5.75 Å². The predicted molar refractivity (Wildman–Crippen MR) is 134 cm³/mol. The molecule has 4 rings (SSSR count). The van der Waals surface area contributed by atoms with Gasteiger partial charge >= 0.3 is 0 Å². The molecule has 4 amide bonds. The smallest absolute Gasteiger partial charge is 0.268 e. The number of carbonyl (C=O) groups is 4. The van der Waals surface area contributed by atoms with Crippen LogP contribution in [0.25, 0.3) is 10.9 Å². The van der Waals surface area contributed by atoms with Crippen molar-refractivity contribution in [2.75, 3.05) is 7.11 Å². The normalized spacial score (nSPS) is 20.4. The third kappa shape index (κ3) is 5.98. The number of nitrogens with two attached hydrogens (primary N) is 1. The fourth-order valence-electron chi connectivity index (χ4n) is 4.94. The number of benzene rings is 1. The molecule has 194 valence electrons. The van der Waals surface area contributed by atoms with Crippen molar-refractivity contribution >= 4 is 34.5 Å². The number of hydrogen-bond acceptors (Lipinski definition) is 5. The number of hydrogen-bond donors (Lipinski definition) is 5. The van der Waals surface area contributed by atoms with Gasteiger partial charge in [0.05, 0.1) is 7.11 Å². The number of ether oxygens (including phenoxy) is 1. The van der Waals surface area contributed by atoms with Crippen LogP contribution in [0.4, 0.5) is 0 Å². The average molecular weight is 498 g/mol. The maximum absolute atomic E-state index is 13.2. The summed E-state index contributed by atoms with van der Waals surface area (Å²) >= 11 is 0. The van der Waals surface area contributed by atoms with Crippen molar-refractivity contribution in [2.24, 2.45) is 17.6 Å². The first-order valence-corrected chi connectivity index (χ1v) is 12.4. The third-order valence-electron chi connectivity index (χ3n) is 7.03. The molecule has 6 N–H and O–H groups in total. The molecule has 10 heteroatoms. The molecular formula is C26H35N5O5. The van der Waals surface area contributed by atoms with Gasteiger partial charge in [-0.3, -0.25) is 19.2 Å². The van der Waals surface area contributed by atoms with Gasteiger partial charge in [-0.25, -0.2) is 0 Å². The van der Waals surface area contributed by atoms with Crippen LogP contribution in [0.1, 0.15) is 62.9 Å². The van der Waals surface area contributed by atoms with E-state index in [2.05, 4.69) is 20.9 Å². The zero-order valence-electron chi connectivity index (χ0n) is 21.0. The van der Waals surface area contributed by atoms with Gasteiger partial charge in [-0.1, -0.05) is 18.9 Å². The van der Waals surface area contributed by atoms with E-state index >= 15 is 0 Å². The van der Waals surface area contributed by atoms with Gasteiger partial charge in [0.25, 0.3) is 5.91 Å².